The molecule has 0 spiro atoms. The van der Waals surface area contributed by atoms with Crippen molar-refractivity contribution in [1.29, 1.82) is 0 Å². The molecular formula is C23H30ClN3O5S. The van der Waals surface area contributed by atoms with Gasteiger partial charge in [0.1, 0.15) is 6.61 Å². The molecule has 0 aliphatic carbocycles. The van der Waals surface area contributed by atoms with E-state index in [1.807, 2.05) is 19.1 Å². The van der Waals surface area contributed by atoms with Gasteiger partial charge in [-0.3, -0.25) is 4.98 Å². The molecule has 0 radical (unpaired) electrons. The summed E-state index contributed by atoms with van der Waals surface area (Å²) in [6, 6.07) is 8.95. The Hall–Kier alpha value is -2.20. The number of ether oxygens (including phenoxy) is 2. The Morgan fingerprint density at radius 1 is 1.12 bits per heavy atom. The zero-order valence-electron chi connectivity index (χ0n) is 18.9. The molecule has 33 heavy (non-hydrogen) atoms. The highest BCUT2D eigenvalue weighted by Crippen LogP contribution is 2.31. The predicted molar refractivity (Wildman–Crippen MR) is 125 cm³/mol. The van der Waals surface area contributed by atoms with Gasteiger partial charge in [0.25, 0.3) is 0 Å². The number of hydrogen-bond acceptors (Lipinski definition) is 6. The third-order valence-corrected chi connectivity index (χ3v) is 7.98. The van der Waals surface area contributed by atoms with Crippen molar-refractivity contribution in [3.05, 3.63) is 59.4 Å². The number of pyridine rings is 1. The lowest BCUT2D eigenvalue weighted by Gasteiger charge is -2.40. The van der Waals surface area contributed by atoms with Gasteiger partial charge in [-0.25, -0.2) is 13.2 Å². The molecule has 0 unspecified atom stereocenters. The molecule has 2 atom stereocenters. The minimum Gasteiger partial charge on any atom is -0.448 e. The SMILES string of the molecule is CCN(Cc1ccncc1)C(=O)OC[C@@H]1CCC[C@H](COC)N1S(=O)(=O)c1ccc(Cl)cc1. The quantitative estimate of drug-likeness (QED) is 0.523. The maximum atomic E-state index is 13.5. The molecule has 1 aliphatic heterocycles. The van der Waals surface area contributed by atoms with Crippen molar-refractivity contribution in [2.75, 3.05) is 26.9 Å². The number of nitrogens with zero attached hydrogens (tertiary/aromatic N) is 3. The van der Waals surface area contributed by atoms with Crippen LogP contribution in [-0.2, 0) is 26.0 Å². The molecule has 180 valence electrons. The Kier molecular flexibility index (Phi) is 9.08. The monoisotopic (exact) mass is 495 g/mol. The normalized spacial score (nSPS) is 19.2. The van der Waals surface area contributed by atoms with Crippen LogP contribution in [-0.4, -0.2) is 67.7 Å². The molecule has 2 aromatic rings. The van der Waals surface area contributed by atoms with Crippen molar-refractivity contribution < 1.29 is 22.7 Å². The number of carbonyl (C=O) groups excluding carboxylic acids is 1. The summed E-state index contributed by atoms with van der Waals surface area (Å²) >= 11 is 5.95. The first-order valence-corrected chi connectivity index (χ1v) is 12.8. The fraction of sp³-hybridized carbons (Fsp3) is 0.478. The minimum atomic E-state index is -3.84. The molecule has 0 saturated carbocycles. The van der Waals surface area contributed by atoms with Crippen LogP contribution in [0.2, 0.25) is 5.02 Å². The first-order chi connectivity index (χ1) is 15.9. The van der Waals surface area contributed by atoms with Crippen LogP contribution in [0.25, 0.3) is 0 Å². The molecule has 8 nitrogen and oxygen atoms in total. The van der Waals surface area contributed by atoms with Gasteiger partial charge in [-0.05, 0) is 61.7 Å². The summed E-state index contributed by atoms with van der Waals surface area (Å²) < 4.78 is 39.5. The van der Waals surface area contributed by atoms with Crippen molar-refractivity contribution in [2.45, 2.75) is 49.7 Å². The van der Waals surface area contributed by atoms with Crippen LogP contribution in [0.15, 0.2) is 53.7 Å². The van der Waals surface area contributed by atoms with Gasteiger partial charge in [0.15, 0.2) is 0 Å². The molecule has 3 rings (SSSR count). The van der Waals surface area contributed by atoms with E-state index in [1.165, 1.54) is 16.4 Å². The van der Waals surface area contributed by atoms with Crippen molar-refractivity contribution in [3.8, 4) is 0 Å². The molecule has 1 fully saturated rings. The molecule has 2 heterocycles. The minimum absolute atomic E-state index is 0.0291. The van der Waals surface area contributed by atoms with Crippen LogP contribution in [0.5, 0.6) is 0 Å². The van der Waals surface area contributed by atoms with Gasteiger partial charge >= 0.3 is 6.09 Å². The number of rotatable bonds is 9. The second kappa shape index (κ2) is 11.8. The summed E-state index contributed by atoms with van der Waals surface area (Å²) in [4.78, 5) is 18.5. The van der Waals surface area contributed by atoms with E-state index < -0.39 is 22.2 Å². The summed E-state index contributed by atoms with van der Waals surface area (Å²) in [6.07, 6.45) is 4.95. The lowest BCUT2D eigenvalue weighted by atomic mass is 9.99. The Labute approximate surface area is 200 Å². The Morgan fingerprint density at radius 2 is 1.76 bits per heavy atom. The predicted octanol–water partition coefficient (Wildman–Crippen LogP) is 3.95. The van der Waals surface area contributed by atoms with Crippen molar-refractivity contribution in [3.63, 3.8) is 0 Å². The highest BCUT2D eigenvalue weighted by molar-refractivity contribution is 7.89. The average molecular weight is 496 g/mol. The molecule has 1 aromatic carbocycles. The maximum absolute atomic E-state index is 13.5. The molecule has 0 N–H and O–H groups in total. The Morgan fingerprint density at radius 3 is 2.36 bits per heavy atom. The molecule has 1 saturated heterocycles. The summed E-state index contributed by atoms with van der Waals surface area (Å²) in [6.45, 7) is 2.96. The van der Waals surface area contributed by atoms with Crippen LogP contribution in [0.3, 0.4) is 0 Å². The number of aromatic nitrogens is 1. The highest BCUT2D eigenvalue weighted by Gasteiger charge is 2.40. The lowest BCUT2D eigenvalue weighted by Crippen LogP contribution is -2.53. The van der Waals surface area contributed by atoms with Gasteiger partial charge < -0.3 is 14.4 Å². The first kappa shape index (κ1) is 25.4. The Bertz CT molecular complexity index is 1000. The van der Waals surface area contributed by atoms with Crippen LogP contribution in [0.1, 0.15) is 31.7 Å². The summed E-state index contributed by atoms with van der Waals surface area (Å²) in [5, 5.41) is 0.459. The number of piperidine rings is 1. The average Bonchev–Trinajstić information content (AvgIpc) is 2.82. The van der Waals surface area contributed by atoms with E-state index in [9.17, 15) is 13.2 Å². The van der Waals surface area contributed by atoms with E-state index in [0.717, 1.165) is 12.0 Å². The van der Waals surface area contributed by atoms with E-state index in [2.05, 4.69) is 4.98 Å². The van der Waals surface area contributed by atoms with E-state index in [-0.39, 0.29) is 24.2 Å². The van der Waals surface area contributed by atoms with Gasteiger partial charge in [-0.1, -0.05) is 18.0 Å². The smallest absolute Gasteiger partial charge is 0.410 e. The third kappa shape index (κ3) is 6.44. The molecule has 0 bridgehead atoms. The van der Waals surface area contributed by atoms with Crippen LogP contribution >= 0.6 is 11.6 Å². The third-order valence-electron chi connectivity index (χ3n) is 5.70. The van der Waals surface area contributed by atoms with E-state index in [0.29, 0.717) is 31.0 Å². The summed E-state index contributed by atoms with van der Waals surface area (Å²) in [5.74, 6) is 0. The zero-order valence-corrected chi connectivity index (χ0v) is 20.5. The van der Waals surface area contributed by atoms with Gasteiger partial charge in [0.2, 0.25) is 10.0 Å². The second-order valence-corrected chi connectivity index (χ2v) is 10.2. The van der Waals surface area contributed by atoms with Gasteiger partial charge in [0.05, 0.1) is 17.5 Å². The number of sulfonamides is 1. The second-order valence-electron chi connectivity index (χ2n) is 7.93. The highest BCUT2D eigenvalue weighted by atomic mass is 35.5. The lowest BCUT2D eigenvalue weighted by molar-refractivity contribution is 0.0409. The summed E-state index contributed by atoms with van der Waals surface area (Å²) in [5.41, 5.74) is 0.938. The van der Waals surface area contributed by atoms with Crippen molar-refractivity contribution in [2.24, 2.45) is 0 Å². The molecule has 10 heteroatoms. The van der Waals surface area contributed by atoms with E-state index in [1.54, 1.807) is 36.5 Å². The largest absolute Gasteiger partial charge is 0.448 e. The number of methoxy groups -OCH3 is 1. The van der Waals surface area contributed by atoms with Gasteiger partial charge in [0, 0.05) is 43.7 Å². The number of amides is 1. The van der Waals surface area contributed by atoms with Gasteiger partial charge in [-0.2, -0.15) is 4.31 Å². The van der Waals surface area contributed by atoms with Crippen molar-refractivity contribution in [1.82, 2.24) is 14.2 Å². The number of halogens is 1. The van der Waals surface area contributed by atoms with E-state index >= 15 is 0 Å². The first-order valence-electron chi connectivity index (χ1n) is 11.0. The van der Waals surface area contributed by atoms with Crippen LogP contribution < -0.4 is 0 Å². The Balaban J connectivity index is 1.76. The number of benzene rings is 1. The standard InChI is InChI=1S/C23H30ClN3O5S/c1-3-26(15-18-11-13-25-14-12-18)23(28)32-17-21-6-4-5-20(16-31-2)27(21)33(29,30)22-9-7-19(24)8-10-22/h7-14,20-21H,3-6,15-17H2,1-2H3/t20-,21+/m1/s1. The van der Waals surface area contributed by atoms with Crippen molar-refractivity contribution >= 4 is 27.7 Å². The number of hydrogen-bond donors (Lipinski definition) is 0. The van der Waals surface area contributed by atoms with Crippen LogP contribution in [0, 0.1) is 0 Å². The fourth-order valence-corrected chi connectivity index (χ4v) is 6.01. The number of carbonyl (C=O) groups is 1. The topological polar surface area (TPSA) is 89.0 Å². The molecule has 1 aliphatic rings. The van der Waals surface area contributed by atoms with Crippen LogP contribution in [0.4, 0.5) is 4.79 Å². The molecular weight excluding hydrogens is 466 g/mol. The summed E-state index contributed by atoms with van der Waals surface area (Å²) in [7, 11) is -2.29. The van der Waals surface area contributed by atoms with E-state index in [4.69, 9.17) is 21.1 Å². The maximum Gasteiger partial charge on any atom is 0.410 e. The molecule has 1 amide bonds. The zero-order chi connectivity index (χ0) is 23.8. The fourth-order valence-electron chi connectivity index (χ4n) is 4.04. The molecule has 1 aromatic heterocycles. The van der Waals surface area contributed by atoms with Gasteiger partial charge in [-0.15, -0.1) is 0 Å².